The van der Waals surface area contributed by atoms with Crippen molar-refractivity contribution in [2.75, 3.05) is 6.54 Å². The van der Waals surface area contributed by atoms with Crippen molar-refractivity contribution in [1.29, 1.82) is 0 Å². The van der Waals surface area contributed by atoms with Crippen LogP contribution in [-0.4, -0.2) is 27.0 Å². The first-order chi connectivity index (χ1) is 14.5. The summed E-state index contributed by atoms with van der Waals surface area (Å²) >= 11 is 0. The molecular formula is C22H19FN4O3. The van der Waals surface area contributed by atoms with Crippen molar-refractivity contribution in [1.82, 2.24) is 19.9 Å². The normalized spacial score (nSPS) is 11.0. The van der Waals surface area contributed by atoms with Gasteiger partial charge < -0.3 is 15.3 Å². The zero-order valence-electron chi connectivity index (χ0n) is 15.9. The van der Waals surface area contributed by atoms with E-state index in [-0.39, 0.29) is 17.7 Å². The zero-order chi connectivity index (χ0) is 21.1. The van der Waals surface area contributed by atoms with Gasteiger partial charge in [-0.05, 0) is 24.1 Å². The average molecular weight is 406 g/mol. The second-order valence-electron chi connectivity index (χ2n) is 6.86. The molecule has 2 heterocycles. The molecular weight excluding hydrogens is 387 g/mol. The topological polar surface area (TPSA) is 99.8 Å². The van der Waals surface area contributed by atoms with Gasteiger partial charge in [-0.3, -0.25) is 14.2 Å². The molecule has 4 rings (SSSR count). The van der Waals surface area contributed by atoms with Crippen molar-refractivity contribution in [3.05, 3.63) is 104 Å². The molecule has 0 aliphatic carbocycles. The number of nitrogens with one attached hydrogen (secondary N) is 3. The highest BCUT2D eigenvalue weighted by molar-refractivity contribution is 5.93. The number of aromatic amines is 2. The number of carbonyl (C=O) groups is 1. The Labute approximate surface area is 170 Å². The summed E-state index contributed by atoms with van der Waals surface area (Å²) in [5.41, 5.74) is 0.553. The van der Waals surface area contributed by atoms with Gasteiger partial charge in [0.05, 0.1) is 6.54 Å². The van der Waals surface area contributed by atoms with E-state index in [1.807, 2.05) is 30.5 Å². The van der Waals surface area contributed by atoms with Gasteiger partial charge in [0.25, 0.3) is 11.5 Å². The molecule has 8 heteroatoms. The van der Waals surface area contributed by atoms with Crippen LogP contribution in [0, 0.1) is 5.82 Å². The second-order valence-corrected chi connectivity index (χ2v) is 6.86. The molecule has 0 unspecified atom stereocenters. The van der Waals surface area contributed by atoms with Crippen LogP contribution in [0.4, 0.5) is 4.39 Å². The lowest BCUT2D eigenvalue weighted by Gasteiger charge is -2.09. The van der Waals surface area contributed by atoms with Crippen LogP contribution < -0.4 is 16.6 Å². The summed E-state index contributed by atoms with van der Waals surface area (Å²) < 4.78 is 14.7. The number of aromatic nitrogens is 3. The van der Waals surface area contributed by atoms with Crippen LogP contribution in [0.2, 0.25) is 0 Å². The van der Waals surface area contributed by atoms with E-state index >= 15 is 0 Å². The Kier molecular flexibility index (Phi) is 5.30. The summed E-state index contributed by atoms with van der Waals surface area (Å²) in [6, 6.07) is 13.7. The Hall–Kier alpha value is -3.94. The van der Waals surface area contributed by atoms with Gasteiger partial charge in [0.2, 0.25) is 0 Å². The number of para-hydroxylation sites is 1. The highest BCUT2D eigenvalue weighted by Crippen LogP contribution is 2.17. The van der Waals surface area contributed by atoms with Gasteiger partial charge in [0, 0.05) is 35.4 Å². The SMILES string of the molecule is O=C(NCCc1c[nH]c2ccccc12)c1c[nH]c(=O)n(Cc2ccccc2F)c1=O. The van der Waals surface area contributed by atoms with Gasteiger partial charge in [0.1, 0.15) is 11.4 Å². The fraction of sp³-hybridized carbons (Fsp3) is 0.136. The zero-order valence-corrected chi connectivity index (χ0v) is 15.9. The van der Waals surface area contributed by atoms with Crippen LogP contribution in [0.25, 0.3) is 10.9 Å². The van der Waals surface area contributed by atoms with Crippen molar-refractivity contribution in [3.8, 4) is 0 Å². The Morgan fingerprint density at radius 3 is 2.57 bits per heavy atom. The predicted octanol–water partition coefficient (Wildman–Crippen LogP) is 2.18. The molecule has 4 aromatic rings. The lowest BCUT2D eigenvalue weighted by atomic mass is 10.1. The van der Waals surface area contributed by atoms with Crippen LogP contribution in [0.1, 0.15) is 21.5 Å². The summed E-state index contributed by atoms with van der Waals surface area (Å²) in [6.45, 7) is 0.0455. The number of fused-ring (bicyclic) bond motifs is 1. The standard InChI is InChI=1S/C22H19FN4O3/c23-18-7-3-1-5-15(18)13-27-21(29)17(12-26-22(27)30)20(28)24-10-9-14-11-25-19-8-4-2-6-16(14)19/h1-8,11-12,25H,9-10,13H2,(H,24,28)(H,26,30). The smallest absolute Gasteiger partial charge is 0.328 e. The number of rotatable bonds is 6. The van der Waals surface area contributed by atoms with Crippen LogP contribution in [-0.2, 0) is 13.0 Å². The van der Waals surface area contributed by atoms with Crippen molar-refractivity contribution in [3.63, 3.8) is 0 Å². The number of carbonyl (C=O) groups excluding carboxylic acids is 1. The molecule has 0 spiro atoms. The van der Waals surface area contributed by atoms with Crippen LogP contribution in [0.3, 0.4) is 0 Å². The van der Waals surface area contributed by atoms with Gasteiger partial charge in [-0.2, -0.15) is 0 Å². The molecule has 0 atom stereocenters. The average Bonchev–Trinajstić information content (AvgIpc) is 3.15. The molecule has 1 amide bonds. The molecule has 0 saturated carbocycles. The minimum atomic E-state index is -0.772. The lowest BCUT2D eigenvalue weighted by Crippen LogP contribution is -2.41. The number of hydrogen-bond acceptors (Lipinski definition) is 3. The maximum absolute atomic E-state index is 13.9. The Balaban J connectivity index is 1.49. The van der Waals surface area contributed by atoms with E-state index in [1.54, 1.807) is 6.07 Å². The fourth-order valence-corrected chi connectivity index (χ4v) is 3.36. The minimum absolute atomic E-state index is 0.182. The van der Waals surface area contributed by atoms with Gasteiger partial charge in [0.15, 0.2) is 0 Å². The van der Waals surface area contributed by atoms with Crippen molar-refractivity contribution < 1.29 is 9.18 Å². The highest BCUT2D eigenvalue weighted by Gasteiger charge is 2.16. The molecule has 0 aliphatic heterocycles. The quantitative estimate of drug-likeness (QED) is 0.458. The number of halogens is 1. The highest BCUT2D eigenvalue weighted by atomic mass is 19.1. The van der Waals surface area contributed by atoms with E-state index in [9.17, 15) is 18.8 Å². The molecule has 7 nitrogen and oxygen atoms in total. The molecule has 3 N–H and O–H groups in total. The predicted molar refractivity (Wildman–Crippen MR) is 111 cm³/mol. The summed E-state index contributed by atoms with van der Waals surface area (Å²) in [5.74, 6) is -1.13. The van der Waals surface area contributed by atoms with Gasteiger partial charge in [-0.15, -0.1) is 0 Å². The third kappa shape index (κ3) is 3.80. The van der Waals surface area contributed by atoms with Crippen LogP contribution >= 0.6 is 0 Å². The molecule has 2 aromatic heterocycles. The first kappa shape index (κ1) is 19.4. The first-order valence-corrected chi connectivity index (χ1v) is 9.43. The number of amides is 1. The van der Waals surface area contributed by atoms with E-state index in [0.29, 0.717) is 13.0 Å². The Morgan fingerprint density at radius 1 is 0.967 bits per heavy atom. The second kappa shape index (κ2) is 8.20. The molecule has 0 bridgehead atoms. The number of benzene rings is 2. The van der Waals surface area contributed by atoms with E-state index in [2.05, 4.69) is 15.3 Å². The van der Waals surface area contributed by atoms with Crippen LogP contribution in [0.15, 0.2) is 70.5 Å². The van der Waals surface area contributed by atoms with Crippen LogP contribution in [0.5, 0.6) is 0 Å². The summed E-state index contributed by atoms with van der Waals surface area (Å²) in [6.07, 6.45) is 3.55. The van der Waals surface area contributed by atoms with E-state index in [4.69, 9.17) is 0 Å². The third-order valence-corrected chi connectivity index (χ3v) is 4.95. The van der Waals surface area contributed by atoms with E-state index in [0.717, 1.165) is 27.2 Å². The fourth-order valence-electron chi connectivity index (χ4n) is 3.36. The third-order valence-electron chi connectivity index (χ3n) is 4.95. The minimum Gasteiger partial charge on any atom is -0.361 e. The molecule has 0 aliphatic rings. The molecule has 30 heavy (non-hydrogen) atoms. The van der Waals surface area contributed by atoms with Gasteiger partial charge >= 0.3 is 5.69 Å². The van der Waals surface area contributed by atoms with Crippen molar-refractivity contribution in [2.24, 2.45) is 0 Å². The maximum atomic E-state index is 13.9. The van der Waals surface area contributed by atoms with Crippen molar-refractivity contribution in [2.45, 2.75) is 13.0 Å². The molecule has 0 radical (unpaired) electrons. The first-order valence-electron chi connectivity index (χ1n) is 9.43. The molecule has 0 saturated heterocycles. The summed E-state index contributed by atoms with van der Waals surface area (Å²) in [5, 5.41) is 3.77. The van der Waals surface area contributed by atoms with Gasteiger partial charge in [-0.25, -0.2) is 9.18 Å². The maximum Gasteiger partial charge on any atom is 0.328 e. The summed E-state index contributed by atoms with van der Waals surface area (Å²) in [4.78, 5) is 42.8. The Morgan fingerprint density at radius 2 is 1.73 bits per heavy atom. The number of H-pyrrole nitrogens is 2. The number of hydrogen-bond donors (Lipinski definition) is 3. The molecule has 0 fully saturated rings. The van der Waals surface area contributed by atoms with E-state index in [1.165, 1.54) is 18.2 Å². The van der Waals surface area contributed by atoms with Gasteiger partial charge in [-0.1, -0.05) is 36.4 Å². The lowest BCUT2D eigenvalue weighted by molar-refractivity contribution is 0.0951. The summed E-state index contributed by atoms with van der Waals surface area (Å²) in [7, 11) is 0. The Bertz CT molecular complexity index is 1340. The largest absolute Gasteiger partial charge is 0.361 e. The van der Waals surface area contributed by atoms with E-state index < -0.39 is 23.0 Å². The monoisotopic (exact) mass is 406 g/mol. The molecule has 2 aromatic carbocycles. The number of nitrogens with zero attached hydrogens (tertiary/aromatic N) is 1. The molecule has 152 valence electrons. The van der Waals surface area contributed by atoms with Crippen molar-refractivity contribution >= 4 is 16.8 Å².